The van der Waals surface area contributed by atoms with E-state index in [9.17, 15) is 0 Å². The normalized spacial score (nSPS) is 11.9. The first kappa shape index (κ1) is 11.6. The molecular weight excluding hydrogens is 299 g/mol. The molecule has 0 radical (unpaired) electrons. The molecule has 0 saturated carbocycles. The molecule has 0 N–H and O–H groups in total. The Labute approximate surface area is 125 Å². The van der Waals surface area contributed by atoms with Gasteiger partial charge in [-0.1, -0.05) is 77.3 Å². The molecule has 0 amide bonds. The monoisotopic (exact) mass is 304 g/mol. The van der Waals surface area contributed by atoms with Gasteiger partial charge in [0.15, 0.2) is 0 Å². The second-order valence-electron chi connectivity index (χ2n) is 4.59. The van der Waals surface area contributed by atoms with Crippen LogP contribution in [-0.4, -0.2) is 0 Å². The average molecular weight is 306 g/mol. The van der Waals surface area contributed by atoms with Crippen molar-refractivity contribution in [1.82, 2.24) is 0 Å². The lowest BCUT2D eigenvalue weighted by atomic mass is 10.0. The molecule has 0 aliphatic heterocycles. The molecule has 0 aromatic heterocycles. The Morgan fingerprint density at radius 3 is 2.05 bits per heavy atom. The highest BCUT2D eigenvalue weighted by molar-refractivity contribution is 6.53. The summed E-state index contributed by atoms with van der Waals surface area (Å²) >= 11 is 19.0. The van der Waals surface area contributed by atoms with E-state index in [2.05, 4.69) is 18.2 Å². The predicted octanol–water partition coefficient (Wildman–Crippen LogP) is 6.45. The van der Waals surface area contributed by atoms with Gasteiger partial charge in [-0.05, 0) is 16.7 Å². The summed E-state index contributed by atoms with van der Waals surface area (Å²) in [5, 5.41) is 3.55. The molecule has 0 fully saturated rings. The third kappa shape index (κ3) is 1.37. The summed E-state index contributed by atoms with van der Waals surface area (Å²) in [6.45, 7) is 0. The van der Waals surface area contributed by atoms with Crippen LogP contribution < -0.4 is 0 Å². The lowest BCUT2D eigenvalue weighted by Crippen LogP contribution is -1.82. The molecule has 0 spiro atoms. The van der Waals surface area contributed by atoms with Crippen LogP contribution in [0.2, 0.25) is 15.1 Å². The van der Waals surface area contributed by atoms with Gasteiger partial charge in [0, 0.05) is 16.3 Å². The highest BCUT2D eigenvalue weighted by Crippen LogP contribution is 2.54. The van der Waals surface area contributed by atoms with Gasteiger partial charge in [0.1, 0.15) is 0 Å². The summed E-state index contributed by atoms with van der Waals surface area (Å²) in [6.07, 6.45) is 0. The molecule has 0 atom stereocenters. The zero-order valence-corrected chi connectivity index (χ0v) is 11.9. The van der Waals surface area contributed by atoms with Crippen LogP contribution in [0.5, 0.6) is 0 Å². The second-order valence-corrected chi connectivity index (χ2v) is 5.72. The van der Waals surface area contributed by atoms with Gasteiger partial charge in [0.2, 0.25) is 0 Å². The molecule has 0 saturated heterocycles. The van der Waals surface area contributed by atoms with Gasteiger partial charge < -0.3 is 0 Å². The topological polar surface area (TPSA) is 0 Å². The van der Waals surface area contributed by atoms with Crippen molar-refractivity contribution in [2.24, 2.45) is 0 Å². The summed E-state index contributed by atoms with van der Waals surface area (Å²) in [6, 6.07) is 14.3. The van der Waals surface area contributed by atoms with Crippen LogP contribution >= 0.6 is 34.8 Å². The van der Waals surface area contributed by atoms with E-state index in [1.807, 2.05) is 24.3 Å². The molecule has 0 unspecified atom stereocenters. The quantitative estimate of drug-likeness (QED) is 0.328. The number of rotatable bonds is 0. The first-order chi connectivity index (χ1) is 9.20. The first-order valence-electron chi connectivity index (χ1n) is 5.89. The molecule has 1 aliphatic carbocycles. The molecule has 0 nitrogen and oxygen atoms in total. The van der Waals surface area contributed by atoms with E-state index in [0.29, 0.717) is 15.1 Å². The van der Waals surface area contributed by atoms with Gasteiger partial charge >= 0.3 is 0 Å². The Hall–Kier alpha value is -1.21. The smallest absolute Gasteiger partial charge is 0.0791 e. The van der Waals surface area contributed by atoms with Gasteiger partial charge in [0.25, 0.3) is 0 Å². The van der Waals surface area contributed by atoms with Gasteiger partial charge in [-0.2, -0.15) is 0 Å². The number of hydrogen-bond acceptors (Lipinski definition) is 0. The van der Waals surface area contributed by atoms with E-state index in [1.165, 1.54) is 11.1 Å². The molecule has 3 aromatic rings. The fourth-order valence-electron chi connectivity index (χ4n) is 2.85. The third-order valence-electron chi connectivity index (χ3n) is 3.64. The fourth-order valence-corrected chi connectivity index (χ4v) is 3.64. The summed E-state index contributed by atoms with van der Waals surface area (Å²) in [5.74, 6) is 0. The number of fused-ring (bicyclic) bond motifs is 3. The van der Waals surface area contributed by atoms with Gasteiger partial charge in [-0.15, -0.1) is 0 Å². The zero-order valence-electron chi connectivity index (χ0n) is 9.68. The summed E-state index contributed by atoms with van der Waals surface area (Å²) in [5.41, 5.74) is 4.47. The van der Waals surface area contributed by atoms with Crippen molar-refractivity contribution >= 4 is 45.6 Å². The van der Waals surface area contributed by atoms with Crippen LogP contribution in [0.1, 0.15) is 0 Å². The van der Waals surface area contributed by atoms with E-state index >= 15 is 0 Å². The van der Waals surface area contributed by atoms with Gasteiger partial charge in [0.05, 0.1) is 15.1 Å². The zero-order chi connectivity index (χ0) is 13.1. The maximum absolute atomic E-state index is 6.42. The van der Waals surface area contributed by atoms with E-state index in [4.69, 9.17) is 34.8 Å². The van der Waals surface area contributed by atoms with Crippen molar-refractivity contribution in [1.29, 1.82) is 0 Å². The summed E-state index contributed by atoms with van der Waals surface area (Å²) in [4.78, 5) is 0. The molecule has 1 aliphatic rings. The molecule has 19 heavy (non-hydrogen) atoms. The lowest BCUT2D eigenvalue weighted by molar-refractivity contribution is 1.69. The standard InChI is InChI=1S/C16H7Cl3/c17-14-11-7-3-6-9-8-4-1-2-5-10(8)13(12(9)11)15(18)16(14)19/h1-7H. The second kappa shape index (κ2) is 3.89. The van der Waals surface area contributed by atoms with Crippen molar-refractivity contribution in [3.63, 3.8) is 0 Å². The van der Waals surface area contributed by atoms with E-state index < -0.39 is 0 Å². The minimum absolute atomic E-state index is 0.430. The van der Waals surface area contributed by atoms with Crippen LogP contribution in [0.25, 0.3) is 33.0 Å². The van der Waals surface area contributed by atoms with Crippen molar-refractivity contribution in [3.05, 3.63) is 57.5 Å². The number of hydrogen-bond donors (Lipinski definition) is 0. The predicted molar refractivity (Wildman–Crippen MR) is 83.4 cm³/mol. The molecule has 92 valence electrons. The van der Waals surface area contributed by atoms with Crippen LogP contribution in [0.15, 0.2) is 42.5 Å². The number of halogens is 3. The van der Waals surface area contributed by atoms with Crippen molar-refractivity contribution in [2.45, 2.75) is 0 Å². The highest BCUT2D eigenvalue weighted by atomic mass is 35.5. The van der Waals surface area contributed by atoms with Gasteiger partial charge in [-0.3, -0.25) is 0 Å². The molecule has 3 aromatic carbocycles. The molecule has 0 bridgehead atoms. The van der Waals surface area contributed by atoms with Crippen molar-refractivity contribution in [2.75, 3.05) is 0 Å². The maximum atomic E-state index is 6.42. The third-order valence-corrected chi connectivity index (χ3v) is 4.98. The Kier molecular flexibility index (Phi) is 2.38. The number of benzene rings is 3. The Bertz CT molecular complexity index is 850. The van der Waals surface area contributed by atoms with Crippen molar-refractivity contribution < 1.29 is 0 Å². The highest BCUT2D eigenvalue weighted by Gasteiger charge is 2.26. The summed E-state index contributed by atoms with van der Waals surface area (Å²) < 4.78 is 0. The first-order valence-corrected chi connectivity index (χ1v) is 7.02. The molecular formula is C16H7Cl3. The van der Waals surface area contributed by atoms with E-state index in [-0.39, 0.29) is 0 Å². The molecule has 3 heteroatoms. The summed E-state index contributed by atoms with van der Waals surface area (Å²) in [7, 11) is 0. The SMILES string of the molecule is Clc1c(Cl)c2c3c(cccc3c1Cl)-c1ccccc1-2. The Morgan fingerprint density at radius 1 is 0.579 bits per heavy atom. The van der Waals surface area contributed by atoms with Crippen molar-refractivity contribution in [3.8, 4) is 22.3 Å². The average Bonchev–Trinajstić information content (AvgIpc) is 2.78. The lowest BCUT2D eigenvalue weighted by Gasteiger charge is -2.09. The van der Waals surface area contributed by atoms with Crippen LogP contribution in [0, 0.1) is 0 Å². The fraction of sp³-hybridized carbons (Fsp3) is 0. The minimum Gasteiger partial charge on any atom is -0.0820 e. The van der Waals surface area contributed by atoms with E-state index in [1.54, 1.807) is 0 Å². The minimum atomic E-state index is 0.430. The Balaban J connectivity index is 2.35. The van der Waals surface area contributed by atoms with Crippen LogP contribution in [0.3, 0.4) is 0 Å². The maximum Gasteiger partial charge on any atom is 0.0791 e. The van der Waals surface area contributed by atoms with Crippen LogP contribution in [0.4, 0.5) is 0 Å². The largest absolute Gasteiger partial charge is 0.0820 e. The van der Waals surface area contributed by atoms with Gasteiger partial charge in [-0.25, -0.2) is 0 Å². The molecule has 4 rings (SSSR count). The van der Waals surface area contributed by atoms with E-state index in [0.717, 1.165) is 21.9 Å². The Morgan fingerprint density at radius 2 is 1.26 bits per heavy atom. The molecule has 0 heterocycles. The van der Waals surface area contributed by atoms with Crippen LogP contribution in [-0.2, 0) is 0 Å².